The summed E-state index contributed by atoms with van der Waals surface area (Å²) in [7, 11) is -7.65. The molecule has 2 fully saturated rings. The third-order valence-electron chi connectivity index (χ3n) is 15.0. The molecular weight excluding hydrogens is 1190 g/mol. The summed E-state index contributed by atoms with van der Waals surface area (Å²) < 4.78 is 92.3. The van der Waals surface area contributed by atoms with Gasteiger partial charge in [-0.05, 0) is 121 Å². The number of fused-ring (bicyclic) bond motifs is 2. The van der Waals surface area contributed by atoms with E-state index in [-0.39, 0.29) is 125 Å². The molecule has 0 unspecified atom stereocenters. The lowest BCUT2D eigenvalue weighted by Gasteiger charge is -2.36. The van der Waals surface area contributed by atoms with E-state index in [1.165, 1.54) is 24.3 Å². The van der Waals surface area contributed by atoms with E-state index >= 15 is 0 Å². The van der Waals surface area contributed by atoms with Crippen molar-refractivity contribution in [2.45, 2.75) is 59.8 Å². The second-order valence-corrected chi connectivity index (χ2v) is 25.1. The van der Waals surface area contributed by atoms with Gasteiger partial charge in [-0.2, -0.15) is 10.5 Å². The van der Waals surface area contributed by atoms with Crippen LogP contribution in [0.1, 0.15) is 58.4 Å². The van der Waals surface area contributed by atoms with E-state index in [0.29, 0.717) is 71.4 Å². The lowest BCUT2D eigenvalue weighted by molar-refractivity contribution is 0.0516. The van der Waals surface area contributed by atoms with Crippen molar-refractivity contribution in [3.8, 4) is 23.6 Å². The number of halogens is 2. The summed E-state index contributed by atoms with van der Waals surface area (Å²) in [5.41, 5.74) is 4.67. The average Bonchev–Trinajstić information content (AvgIpc) is 1.74. The van der Waals surface area contributed by atoms with Gasteiger partial charge in [0, 0.05) is 102 Å². The number of piperazine rings is 2. The molecule has 2 saturated heterocycles. The Labute approximate surface area is 513 Å². The Hall–Kier alpha value is -5.92. The van der Waals surface area contributed by atoms with Gasteiger partial charge in [0.05, 0.1) is 98.0 Å². The molecule has 28 heteroatoms. The summed E-state index contributed by atoms with van der Waals surface area (Å²) in [6, 6.07) is 23.4. The van der Waals surface area contributed by atoms with Crippen molar-refractivity contribution in [2.75, 3.05) is 144 Å². The fourth-order valence-corrected chi connectivity index (χ4v) is 13.2. The molecule has 2 aliphatic heterocycles. The van der Waals surface area contributed by atoms with Gasteiger partial charge in [0.2, 0.25) is 20.0 Å². The molecule has 8 rings (SSSR count). The van der Waals surface area contributed by atoms with Crippen molar-refractivity contribution in [1.29, 1.82) is 10.5 Å². The van der Waals surface area contributed by atoms with Crippen LogP contribution in [0.4, 0.5) is 9.59 Å². The standard InChI is InChI=1S/C58H76Cl2N12O12S2/c59-43-33-41(39-61)49-37-53(71-21-13-63-14-22-71)55(51(49)35-43)83-45-3-7-47(8-4-45)85(75,76)69-19-27-81-31-29-79-25-17-67-57(73)65-11-1-2-12-66-58(74)68-18-26-80-30-32-82-28-20-70-86(77,78)48-9-5-46(6-10-48)84-56-52-36-44(60)34-42(40-62)50(52)38-54(56)72-23-15-64-16-24-72/h3-10,33-36,53-56,63-64,69-70H,1-2,11-32,37-38H2,(H2,65,67,73)(H2,66,68,74)/t53-,54-,55-,56-/m0/s1. The number of nitriles is 2. The van der Waals surface area contributed by atoms with Crippen LogP contribution in [-0.2, 0) is 51.8 Å². The number of sulfonamides is 2. The van der Waals surface area contributed by atoms with Crippen molar-refractivity contribution in [3.05, 3.63) is 116 Å². The summed E-state index contributed by atoms with van der Waals surface area (Å²) in [6.07, 6.45) is 1.81. The molecule has 2 aliphatic carbocycles. The highest BCUT2D eigenvalue weighted by Gasteiger charge is 2.42. The van der Waals surface area contributed by atoms with Crippen LogP contribution in [-0.4, -0.2) is 195 Å². The van der Waals surface area contributed by atoms with Crippen LogP contribution in [0.25, 0.3) is 0 Å². The zero-order valence-corrected chi connectivity index (χ0v) is 51.0. The summed E-state index contributed by atoms with van der Waals surface area (Å²) in [5.74, 6) is 0.998. The van der Waals surface area contributed by atoms with Gasteiger partial charge in [0.25, 0.3) is 0 Å². The minimum atomic E-state index is -3.82. The van der Waals surface area contributed by atoms with E-state index in [0.717, 1.165) is 74.6 Å². The molecule has 0 saturated carbocycles. The number of nitrogens with one attached hydrogen (secondary N) is 8. The highest BCUT2D eigenvalue weighted by Crippen LogP contribution is 2.43. The first kappa shape index (κ1) is 66.0. The summed E-state index contributed by atoms with van der Waals surface area (Å²) >= 11 is 12.8. The van der Waals surface area contributed by atoms with Gasteiger partial charge < -0.3 is 60.3 Å². The average molecular weight is 1270 g/mol. The van der Waals surface area contributed by atoms with E-state index in [9.17, 15) is 36.9 Å². The number of amides is 4. The van der Waals surface area contributed by atoms with Crippen molar-refractivity contribution in [2.24, 2.45) is 0 Å². The van der Waals surface area contributed by atoms with Gasteiger partial charge in [0.1, 0.15) is 23.7 Å². The van der Waals surface area contributed by atoms with Gasteiger partial charge in [0.15, 0.2) is 0 Å². The van der Waals surface area contributed by atoms with Crippen LogP contribution in [0.3, 0.4) is 0 Å². The Bertz CT molecular complexity index is 2970. The lowest BCUT2D eigenvalue weighted by Crippen LogP contribution is -2.50. The Morgan fingerprint density at radius 2 is 0.860 bits per heavy atom. The lowest BCUT2D eigenvalue weighted by atomic mass is 10.0. The second-order valence-electron chi connectivity index (χ2n) is 20.7. The Morgan fingerprint density at radius 1 is 0.512 bits per heavy atom. The molecular formula is C58H76Cl2N12O12S2. The van der Waals surface area contributed by atoms with Crippen molar-refractivity contribution < 1.29 is 54.8 Å². The fraction of sp³-hybridized carbons (Fsp3) is 0.517. The number of hydrogen-bond donors (Lipinski definition) is 8. The molecule has 466 valence electrons. The quantitative estimate of drug-likeness (QED) is 0.0317. The maximum Gasteiger partial charge on any atom is 0.314 e. The summed E-state index contributed by atoms with van der Waals surface area (Å²) in [6.45, 7) is 9.93. The number of carbonyl (C=O) groups is 2. The third kappa shape index (κ3) is 19.3. The van der Waals surface area contributed by atoms with E-state index in [1.54, 1.807) is 36.4 Å². The minimum Gasteiger partial charge on any atom is -0.484 e. The highest BCUT2D eigenvalue weighted by molar-refractivity contribution is 7.89. The van der Waals surface area contributed by atoms with Gasteiger partial charge in [-0.25, -0.2) is 35.9 Å². The van der Waals surface area contributed by atoms with Crippen molar-refractivity contribution >= 4 is 55.3 Å². The maximum absolute atomic E-state index is 13.0. The number of rotatable bonds is 33. The molecule has 0 bridgehead atoms. The topological polar surface area (TPSA) is 308 Å². The number of ether oxygens (including phenoxy) is 6. The minimum absolute atomic E-state index is 0.00513. The first-order chi connectivity index (χ1) is 41.7. The first-order valence-corrected chi connectivity index (χ1v) is 32.7. The van der Waals surface area contributed by atoms with Crippen LogP contribution < -0.4 is 50.8 Å². The van der Waals surface area contributed by atoms with Crippen LogP contribution >= 0.6 is 23.2 Å². The van der Waals surface area contributed by atoms with Gasteiger partial charge in [-0.1, -0.05) is 23.2 Å². The summed E-state index contributed by atoms with van der Waals surface area (Å²) in [4.78, 5) is 29.2. The molecule has 24 nitrogen and oxygen atoms in total. The molecule has 4 aromatic carbocycles. The van der Waals surface area contributed by atoms with Crippen LogP contribution in [0, 0.1) is 22.7 Å². The fourth-order valence-electron chi connectivity index (χ4n) is 10.7. The highest BCUT2D eigenvalue weighted by atomic mass is 35.5. The van der Waals surface area contributed by atoms with E-state index in [2.05, 4.69) is 63.3 Å². The number of unbranched alkanes of at least 4 members (excludes halogenated alkanes) is 1. The second kappa shape index (κ2) is 33.4. The SMILES string of the molecule is N#Cc1cc(Cl)cc2c1C[C@H](N1CCNCC1)[C@H]2Oc1ccc(S(=O)(=O)NCCOCCOCCNC(=O)NCCCCNC(=O)NCCOCCOCCNS(=O)(=O)c2ccc(O[C@H]3c4cc(Cl)cc(C#N)c4C[C@@H]3N3CCNCC3)cc2)cc1. The third-order valence-corrected chi connectivity index (χ3v) is 18.4. The Morgan fingerprint density at radius 3 is 1.22 bits per heavy atom. The smallest absolute Gasteiger partial charge is 0.314 e. The summed E-state index contributed by atoms with van der Waals surface area (Å²) in [5, 5.41) is 38.2. The molecule has 0 aromatic heterocycles. The first-order valence-electron chi connectivity index (χ1n) is 28.9. The molecule has 8 N–H and O–H groups in total. The number of carbonyl (C=O) groups excluding carboxylic acids is 2. The molecule has 86 heavy (non-hydrogen) atoms. The number of hydrogen-bond acceptors (Lipinski definition) is 18. The Balaban J connectivity index is 0.582. The van der Waals surface area contributed by atoms with Crippen LogP contribution in [0.2, 0.25) is 10.0 Å². The molecule has 4 atom stereocenters. The van der Waals surface area contributed by atoms with Crippen LogP contribution in [0.5, 0.6) is 11.5 Å². The monoisotopic (exact) mass is 1270 g/mol. The van der Waals surface area contributed by atoms with E-state index < -0.39 is 20.0 Å². The van der Waals surface area contributed by atoms with Gasteiger partial charge >= 0.3 is 12.1 Å². The van der Waals surface area contributed by atoms with Crippen molar-refractivity contribution in [3.63, 3.8) is 0 Å². The molecule has 2 heterocycles. The number of nitrogens with zero attached hydrogens (tertiary/aromatic N) is 4. The van der Waals surface area contributed by atoms with Crippen molar-refractivity contribution in [1.82, 2.24) is 51.1 Å². The van der Waals surface area contributed by atoms with E-state index in [1.807, 2.05) is 12.1 Å². The molecule has 4 amide bonds. The number of benzene rings is 4. The van der Waals surface area contributed by atoms with Gasteiger partial charge in [-0.15, -0.1) is 0 Å². The largest absolute Gasteiger partial charge is 0.484 e. The molecule has 0 spiro atoms. The normalized spacial score (nSPS) is 18.7. The predicted molar refractivity (Wildman–Crippen MR) is 322 cm³/mol. The molecule has 4 aliphatic rings. The molecule has 4 aromatic rings. The van der Waals surface area contributed by atoms with Gasteiger partial charge in [-0.3, -0.25) is 9.80 Å². The Kier molecular flexibility index (Phi) is 25.7. The number of urea groups is 2. The maximum atomic E-state index is 13.0. The zero-order chi connectivity index (χ0) is 60.7. The van der Waals surface area contributed by atoms with Crippen LogP contribution in [0.15, 0.2) is 82.6 Å². The van der Waals surface area contributed by atoms with E-state index in [4.69, 9.17) is 51.6 Å². The predicted octanol–water partition coefficient (Wildman–Crippen LogP) is 3.34. The molecule has 0 radical (unpaired) electrons. The zero-order valence-electron chi connectivity index (χ0n) is 47.9.